The molecule has 0 radical (unpaired) electrons. The van der Waals surface area contributed by atoms with E-state index in [9.17, 15) is 0 Å². The lowest BCUT2D eigenvalue weighted by Gasteiger charge is -2.27. The Morgan fingerprint density at radius 3 is 1.24 bits per heavy atom. The van der Waals surface area contributed by atoms with E-state index in [1.807, 2.05) is 0 Å². The molecule has 5 rings (SSSR count). The second kappa shape index (κ2) is 15.5. The van der Waals surface area contributed by atoms with Crippen LogP contribution in [-0.2, 0) is 13.1 Å². The van der Waals surface area contributed by atoms with Crippen molar-refractivity contribution in [3.63, 3.8) is 0 Å². The van der Waals surface area contributed by atoms with Gasteiger partial charge in [0.05, 0.1) is 0 Å². The van der Waals surface area contributed by atoms with Gasteiger partial charge < -0.3 is 14.7 Å². The fourth-order valence-corrected chi connectivity index (χ4v) is 6.40. The molecule has 0 N–H and O–H groups in total. The van der Waals surface area contributed by atoms with Gasteiger partial charge in [-0.1, -0.05) is 96.6 Å². The van der Waals surface area contributed by atoms with E-state index in [0.29, 0.717) is 0 Å². The van der Waals surface area contributed by atoms with E-state index in [1.165, 1.54) is 50.4 Å². The number of hydrogen-bond donors (Lipinski definition) is 0. The zero-order chi connectivity index (χ0) is 31.6. The standard InChI is InChI=1S/C42H49N3/c1-6-43(7-2)39-24-18-36(19-25-39)42(37-20-26-40(27-21-37)44(8-3)31-34-15-11-10-12-16-34)38-22-28-41(29-23-38)45(9-4)32-35-17-13-14-33(5)30-35/h10-30,42H,6-9,31-32H2,1-5H3. The molecule has 5 aromatic rings. The maximum absolute atomic E-state index is 2.45. The van der Waals surface area contributed by atoms with Crippen LogP contribution in [0.25, 0.3) is 0 Å². The van der Waals surface area contributed by atoms with Crippen molar-refractivity contribution in [3.05, 3.63) is 161 Å². The average molecular weight is 596 g/mol. The Kier molecular flexibility index (Phi) is 11.0. The summed E-state index contributed by atoms with van der Waals surface area (Å²) in [6, 6.07) is 47.3. The second-order valence-electron chi connectivity index (χ2n) is 11.9. The smallest absolute Gasteiger partial charge is 0.0429 e. The SMILES string of the molecule is CCN(CC)c1ccc(C(c2ccc(N(CC)Cc3ccccc3)cc2)c2ccc(N(CC)Cc3cccc(C)c3)cc2)cc1. The summed E-state index contributed by atoms with van der Waals surface area (Å²) in [7, 11) is 0. The zero-order valence-corrected chi connectivity index (χ0v) is 27.8. The van der Waals surface area contributed by atoms with Gasteiger partial charge in [-0.2, -0.15) is 0 Å². The van der Waals surface area contributed by atoms with Gasteiger partial charge in [-0.05, 0) is 98.8 Å². The Morgan fingerprint density at radius 1 is 0.422 bits per heavy atom. The van der Waals surface area contributed by atoms with Gasteiger partial charge in [-0.25, -0.2) is 0 Å². The van der Waals surface area contributed by atoms with E-state index in [-0.39, 0.29) is 5.92 Å². The molecule has 0 saturated carbocycles. The van der Waals surface area contributed by atoms with Crippen molar-refractivity contribution in [1.29, 1.82) is 0 Å². The number of rotatable bonds is 14. The number of nitrogens with zero attached hydrogens (tertiary/aromatic N) is 3. The van der Waals surface area contributed by atoms with Gasteiger partial charge in [-0.15, -0.1) is 0 Å². The molecule has 0 bridgehead atoms. The summed E-state index contributed by atoms with van der Waals surface area (Å²) in [5.41, 5.74) is 11.7. The second-order valence-corrected chi connectivity index (χ2v) is 11.9. The topological polar surface area (TPSA) is 9.72 Å². The van der Waals surface area contributed by atoms with Crippen molar-refractivity contribution in [1.82, 2.24) is 0 Å². The highest BCUT2D eigenvalue weighted by atomic mass is 15.1. The summed E-state index contributed by atoms with van der Waals surface area (Å²) in [6.45, 7) is 16.8. The Labute approximate surface area is 271 Å². The van der Waals surface area contributed by atoms with Crippen LogP contribution in [0.5, 0.6) is 0 Å². The Hall–Kier alpha value is -4.50. The molecule has 1 unspecified atom stereocenters. The highest BCUT2D eigenvalue weighted by Gasteiger charge is 2.19. The normalized spacial score (nSPS) is 11.7. The molecule has 0 aliphatic heterocycles. The highest BCUT2D eigenvalue weighted by Crippen LogP contribution is 2.35. The van der Waals surface area contributed by atoms with Gasteiger partial charge >= 0.3 is 0 Å². The molecule has 5 aromatic carbocycles. The molecule has 0 fully saturated rings. The van der Waals surface area contributed by atoms with Crippen molar-refractivity contribution in [2.24, 2.45) is 0 Å². The third kappa shape index (κ3) is 7.97. The molecule has 0 aliphatic rings. The third-order valence-corrected chi connectivity index (χ3v) is 8.97. The lowest BCUT2D eigenvalue weighted by atomic mass is 9.85. The van der Waals surface area contributed by atoms with E-state index in [1.54, 1.807) is 0 Å². The molecule has 3 nitrogen and oxygen atoms in total. The van der Waals surface area contributed by atoms with Crippen LogP contribution in [-0.4, -0.2) is 26.2 Å². The lowest BCUT2D eigenvalue weighted by molar-refractivity contribution is 0.829. The zero-order valence-electron chi connectivity index (χ0n) is 27.8. The number of anilines is 3. The minimum absolute atomic E-state index is 0.148. The minimum Gasteiger partial charge on any atom is -0.372 e. The molecular weight excluding hydrogens is 546 g/mol. The molecule has 0 saturated heterocycles. The first kappa shape index (κ1) is 31.9. The summed E-state index contributed by atoms with van der Waals surface area (Å²) in [5, 5.41) is 0. The molecule has 3 heteroatoms. The van der Waals surface area contributed by atoms with Crippen LogP contribution in [0.3, 0.4) is 0 Å². The Morgan fingerprint density at radius 2 is 0.822 bits per heavy atom. The van der Waals surface area contributed by atoms with E-state index >= 15 is 0 Å². The van der Waals surface area contributed by atoms with Crippen LogP contribution in [0.2, 0.25) is 0 Å². The molecule has 0 heterocycles. The van der Waals surface area contributed by atoms with E-state index in [4.69, 9.17) is 0 Å². The molecule has 45 heavy (non-hydrogen) atoms. The number of benzene rings is 5. The Bertz CT molecular complexity index is 1590. The largest absolute Gasteiger partial charge is 0.372 e. The van der Waals surface area contributed by atoms with Crippen molar-refractivity contribution in [3.8, 4) is 0 Å². The predicted molar refractivity (Wildman–Crippen MR) is 195 cm³/mol. The highest BCUT2D eigenvalue weighted by molar-refractivity contribution is 5.56. The van der Waals surface area contributed by atoms with Crippen LogP contribution in [0.4, 0.5) is 17.1 Å². The summed E-state index contributed by atoms with van der Waals surface area (Å²) < 4.78 is 0. The first-order valence-corrected chi connectivity index (χ1v) is 16.7. The first-order valence-electron chi connectivity index (χ1n) is 16.7. The average Bonchev–Trinajstić information content (AvgIpc) is 3.09. The van der Waals surface area contributed by atoms with Crippen molar-refractivity contribution in [2.45, 2.75) is 53.6 Å². The lowest BCUT2D eigenvalue weighted by Crippen LogP contribution is -2.22. The van der Waals surface area contributed by atoms with Crippen LogP contribution in [0.15, 0.2) is 127 Å². The van der Waals surface area contributed by atoms with Gasteiger partial charge in [0.1, 0.15) is 0 Å². The maximum atomic E-state index is 2.45. The molecule has 0 amide bonds. The van der Waals surface area contributed by atoms with Crippen molar-refractivity contribution in [2.75, 3.05) is 40.9 Å². The van der Waals surface area contributed by atoms with Gasteiger partial charge in [0.15, 0.2) is 0 Å². The van der Waals surface area contributed by atoms with Crippen LogP contribution >= 0.6 is 0 Å². The fraction of sp³-hybridized carbons (Fsp3) is 0.286. The summed E-state index contributed by atoms with van der Waals surface area (Å²) in [5.74, 6) is 0.148. The predicted octanol–water partition coefficient (Wildman–Crippen LogP) is 10.1. The quantitative estimate of drug-likeness (QED) is 0.118. The monoisotopic (exact) mass is 595 g/mol. The molecular formula is C42H49N3. The van der Waals surface area contributed by atoms with Gasteiger partial charge in [0, 0.05) is 62.2 Å². The maximum Gasteiger partial charge on any atom is 0.0429 e. The number of hydrogen-bond acceptors (Lipinski definition) is 3. The van der Waals surface area contributed by atoms with Crippen molar-refractivity contribution >= 4 is 17.1 Å². The third-order valence-electron chi connectivity index (χ3n) is 8.97. The summed E-state index contributed by atoms with van der Waals surface area (Å²) >= 11 is 0. The minimum atomic E-state index is 0.148. The molecule has 0 aromatic heterocycles. The molecule has 0 aliphatic carbocycles. The molecule has 1 atom stereocenters. The summed E-state index contributed by atoms with van der Waals surface area (Å²) in [6.07, 6.45) is 0. The number of aryl methyl sites for hydroxylation is 1. The van der Waals surface area contributed by atoms with Crippen LogP contribution in [0.1, 0.15) is 67.0 Å². The van der Waals surface area contributed by atoms with E-state index < -0.39 is 0 Å². The van der Waals surface area contributed by atoms with Gasteiger partial charge in [0.25, 0.3) is 0 Å². The van der Waals surface area contributed by atoms with Gasteiger partial charge in [-0.3, -0.25) is 0 Å². The molecule has 232 valence electrons. The Balaban J connectivity index is 1.45. The van der Waals surface area contributed by atoms with Crippen molar-refractivity contribution < 1.29 is 0 Å². The van der Waals surface area contributed by atoms with Crippen LogP contribution < -0.4 is 14.7 Å². The first-order chi connectivity index (χ1) is 22.0. The molecule has 0 spiro atoms. The van der Waals surface area contributed by atoms with E-state index in [0.717, 1.165) is 39.3 Å². The fourth-order valence-electron chi connectivity index (χ4n) is 6.40. The van der Waals surface area contributed by atoms with Gasteiger partial charge in [0.2, 0.25) is 0 Å². The van der Waals surface area contributed by atoms with Crippen LogP contribution in [0, 0.1) is 6.92 Å². The summed E-state index contributed by atoms with van der Waals surface area (Å²) in [4.78, 5) is 7.30. The van der Waals surface area contributed by atoms with E-state index in [2.05, 4.69) is 177 Å².